The Morgan fingerprint density at radius 2 is 2.31 bits per heavy atom. The Morgan fingerprint density at radius 3 is 2.88 bits per heavy atom. The van der Waals surface area contributed by atoms with Crippen LogP contribution >= 0.6 is 23.4 Å². The van der Waals surface area contributed by atoms with E-state index >= 15 is 0 Å². The Hall–Kier alpha value is -0.940. The molecule has 0 fully saturated rings. The number of nitro benzene ring substituents is 1. The Balaban J connectivity index is 2.56. The Morgan fingerprint density at radius 1 is 1.56 bits per heavy atom. The predicted octanol–water partition coefficient (Wildman–Crippen LogP) is 3.41. The van der Waals surface area contributed by atoms with Crippen molar-refractivity contribution in [2.45, 2.75) is 6.42 Å². The number of rotatable bonds is 6. The third-order valence-electron chi connectivity index (χ3n) is 2.00. The zero-order chi connectivity index (χ0) is 12.0. The van der Waals surface area contributed by atoms with Crippen molar-refractivity contribution in [2.75, 3.05) is 23.9 Å². The topological polar surface area (TPSA) is 55.2 Å². The first-order chi connectivity index (χ1) is 7.65. The number of nitrogens with one attached hydrogen (secondary N) is 1. The zero-order valence-electron chi connectivity index (χ0n) is 8.90. The number of benzene rings is 1. The van der Waals surface area contributed by atoms with Gasteiger partial charge in [0.25, 0.3) is 5.69 Å². The number of halogens is 1. The molecule has 0 saturated carbocycles. The van der Waals surface area contributed by atoms with Crippen LogP contribution in [0.2, 0.25) is 5.02 Å². The van der Waals surface area contributed by atoms with Gasteiger partial charge in [-0.05, 0) is 30.6 Å². The molecule has 0 bridgehead atoms. The lowest BCUT2D eigenvalue weighted by atomic mass is 10.3. The van der Waals surface area contributed by atoms with Crippen molar-refractivity contribution < 1.29 is 4.92 Å². The van der Waals surface area contributed by atoms with Gasteiger partial charge >= 0.3 is 0 Å². The standard InChI is InChI=1S/C10H13ClN2O2S/c1-16-6-2-5-12-8-3-4-10(13(14)15)9(11)7-8/h3-4,7,12H,2,5-6H2,1H3. The van der Waals surface area contributed by atoms with Crippen LogP contribution in [-0.2, 0) is 0 Å². The quantitative estimate of drug-likeness (QED) is 0.484. The Labute approximate surface area is 104 Å². The van der Waals surface area contributed by atoms with Crippen LogP contribution in [0.1, 0.15) is 6.42 Å². The van der Waals surface area contributed by atoms with Gasteiger partial charge in [-0.2, -0.15) is 11.8 Å². The molecule has 0 amide bonds. The van der Waals surface area contributed by atoms with Gasteiger partial charge in [-0.3, -0.25) is 10.1 Å². The second kappa shape index (κ2) is 6.60. The highest BCUT2D eigenvalue weighted by Gasteiger charge is 2.11. The zero-order valence-corrected chi connectivity index (χ0v) is 10.5. The number of hydrogen-bond donors (Lipinski definition) is 1. The van der Waals surface area contributed by atoms with Crippen molar-refractivity contribution in [2.24, 2.45) is 0 Å². The van der Waals surface area contributed by atoms with Gasteiger partial charge in [-0.1, -0.05) is 11.6 Å². The van der Waals surface area contributed by atoms with Crippen LogP contribution < -0.4 is 5.32 Å². The van der Waals surface area contributed by atoms with E-state index in [0.717, 1.165) is 24.4 Å². The average molecular weight is 261 g/mol. The van der Waals surface area contributed by atoms with E-state index in [2.05, 4.69) is 11.6 Å². The second-order valence-corrected chi connectivity index (χ2v) is 4.59. The third kappa shape index (κ3) is 3.90. The third-order valence-corrected chi connectivity index (χ3v) is 3.00. The van der Waals surface area contributed by atoms with Crippen LogP contribution in [0.3, 0.4) is 0 Å². The van der Waals surface area contributed by atoms with Crippen LogP contribution in [0.5, 0.6) is 0 Å². The summed E-state index contributed by atoms with van der Waals surface area (Å²) >= 11 is 7.57. The summed E-state index contributed by atoms with van der Waals surface area (Å²) in [5.74, 6) is 1.09. The molecule has 4 nitrogen and oxygen atoms in total. The number of nitrogens with zero attached hydrogens (tertiary/aromatic N) is 1. The number of thioether (sulfide) groups is 1. The molecule has 88 valence electrons. The van der Waals surface area contributed by atoms with E-state index in [1.54, 1.807) is 23.9 Å². The van der Waals surface area contributed by atoms with Crippen molar-refractivity contribution in [3.05, 3.63) is 33.3 Å². The highest BCUT2D eigenvalue weighted by atomic mass is 35.5. The first kappa shape index (κ1) is 13.1. The largest absolute Gasteiger partial charge is 0.385 e. The number of nitro groups is 1. The minimum absolute atomic E-state index is 0.0590. The molecule has 0 spiro atoms. The summed E-state index contributed by atoms with van der Waals surface area (Å²) in [4.78, 5) is 10.0. The summed E-state index contributed by atoms with van der Waals surface area (Å²) in [6, 6.07) is 4.67. The monoisotopic (exact) mass is 260 g/mol. The lowest BCUT2D eigenvalue weighted by Gasteiger charge is -2.05. The number of anilines is 1. The second-order valence-electron chi connectivity index (χ2n) is 3.20. The SMILES string of the molecule is CSCCCNc1ccc([N+](=O)[O-])c(Cl)c1. The van der Waals surface area contributed by atoms with E-state index in [1.165, 1.54) is 6.07 Å². The minimum Gasteiger partial charge on any atom is -0.385 e. The first-order valence-corrected chi connectivity index (χ1v) is 6.59. The number of hydrogen-bond acceptors (Lipinski definition) is 4. The van der Waals surface area contributed by atoms with E-state index in [4.69, 9.17) is 11.6 Å². The van der Waals surface area contributed by atoms with Crippen molar-refractivity contribution in [3.63, 3.8) is 0 Å². The molecule has 0 aliphatic heterocycles. The highest BCUT2D eigenvalue weighted by molar-refractivity contribution is 7.98. The summed E-state index contributed by atoms with van der Waals surface area (Å²) in [5.41, 5.74) is 0.757. The van der Waals surface area contributed by atoms with Crippen molar-refractivity contribution in [1.29, 1.82) is 0 Å². The molecule has 0 aliphatic rings. The molecule has 0 aliphatic carbocycles. The van der Waals surface area contributed by atoms with Crippen LogP contribution in [0.15, 0.2) is 18.2 Å². The van der Waals surface area contributed by atoms with Crippen LogP contribution in [-0.4, -0.2) is 23.5 Å². The van der Waals surface area contributed by atoms with Gasteiger partial charge in [0.1, 0.15) is 5.02 Å². The molecule has 1 N–H and O–H groups in total. The van der Waals surface area contributed by atoms with E-state index in [-0.39, 0.29) is 10.7 Å². The smallest absolute Gasteiger partial charge is 0.288 e. The Kier molecular flexibility index (Phi) is 5.42. The van der Waals surface area contributed by atoms with E-state index in [1.807, 2.05) is 0 Å². The van der Waals surface area contributed by atoms with Gasteiger partial charge in [-0.15, -0.1) is 0 Å². The molecule has 1 rings (SSSR count). The van der Waals surface area contributed by atoms with Crippen LogP contribution in [0.4, 0.5) is 11.4 Å². The van der Waals surface area contributed by atoms with Gasteiger partial charge in [-0.25, -0.2) is 0 Å². The van der Waals surface area contributed by atoms with Gasteiger partial charge in [0.2, 0.25) is 0 Å². The lowest BCUT2D eigenvalue weighted by Crippen LogP contribution is -2.02. The molecule has 16 heavy (non-hydrogen) atoms. The average Bonchev–Trinajstić information content (AvgIpc) is 2.24. The van der Waals surface area contributed by atoms with Gasteiger partial charge in [0, 0.05) is 18.3 Å². The van der Waals surface area contributed by atoms with E-state index < -0.39 is 4.92 Å². The van der Waals surface area contributed by atoms with Gasteiger partial charge < -0.3 is 5.32 Å². The van der Waals surface area contributed by atoms with E-state index in [0.29, 0.717) is 0 Å². The summed E-state index contributed by atoms with van der Waals surface area (Å²) in [6.45, 7) is 0.842. The maximum absolute atomic E-state index is 10.5. The fraction of sp³-hybridized carbons (Fsp3) is 0.400. The summed E-state index contributed by atoms with van der Waals surface area (Å²) in [6.07, 6.45) is 3.11. The predicted molar refractivity (Wildman–Crippen MR) is 69.6 cm³/mol. The Bertz CT molecular complexity index is 374. The van der Waals surface area contributed by atoms with Crippen molar-refractivity contribution in [1.82, 2.24) is 0 Å². The maximum atomic E-state index is 10.5. The molecular weight excluding hydrogens is 248 g/mol. The molecular formula is C10H13ClN2O2S. The fourth-order valence-electron chi connectivity index (χ4n) is 1.21. The maximum Gasteiger partial charge on any atom is 0.288 e. The molecule has 0 atom stereocenters. The molecule has 1 aromatic rings. The minimum atomic E-state index is -0.486. The van der Waals surface area contributed by atoms with Crippen LogP contribution in [0, 0.1) is 10.1 Å². The van der Waals surface area contributed by atoms with Gasteiger partial charge in [0.05, 0.1) is 4.92 Å². The molecule has 0 saturated heterocycles. The van der Waals surface area contributed by atoms with Crippen molar-refractivity contribution >= 4 is 34.7 Å². The summed E-state index contributed by atoms with van der Waals surface area (Å²) < 4.78 is 0. The lowest BCUT2D eigenvalue weighted by molar-refractivity contribution is -0.384. The molecule has 1 aromatic carbocycles. The first-order valence-electron chi connectivity index (χ1n) is 4.82. The molecule has 6 heteroatoms. The molecule has 0 aromatic heterocycles. The normalized spacial score (nSPS) is 10.1. The van der Waals surface area contributed by atoms with Gasteiger partial charge in [0.15, 0.2) is 0 Å². The molecule has 0 unspecified atom stereocenters. The molecule has 0 heterocycles. The highest BCUT2D eigenvalue weighted by Crippen LogP contribution is 2.27. The fourth-order valence-corrected chi connectivity index (χ4v) is 1.90. The summed E-state index contributed by atoms with van der Waals surface area (Å²) in [7, 11) is 0. The van der Waals surface area contributed by atoms with Crippen molar-refractivity contribution in [3.8, 4) is 0 Å². The molecule has 0 radical (unpaired) electrons. The van der Waals surface area contributed by atoms with E-state index in [9.17, 15) is 10.1 Å². The van der Waals surface area contributed by atoms with Crippen LogP contribution in [0.25, 0.3) is 0 Å². The summed E-state index contributed by atoms with van der Waals surface area (Å²) in [5, 5.41) is 13.9.